The monoisotopic (exact) mass is 274 g/mol. The van der Waals surface area contributed by atoms with Crippen LogP contribution in [0.2, 0.25) is 0 Å². The lowest BCUT2D eigenvalue weighted by molar-refractivity contribution is 0.340. The van der Waals surface area contributed by atoms with Crippen molar-refractivity contribution in [3.8, 4) is 5.75 Å². The second-order valence-electron chi connectivity index (χ2n) is 4.08. The van der Waals surface area contributed by atoms with E-state index in [9.17, 15) is 0 Å². The standard InChI is InChI=1S/C15H18N2OS/c1-3-18-14-8-11(16)7-13(9-14)17-12-5-4-6-15(10-12)19-2/h4-10,17H,3,16H2,1-2H3. The van der Waals surface area contributed by atoms with Gasteiger partial charge in [-0.05, 0) is 37.4 Å². The summed E-state index contributed by atoms with van der Waals surface area (Å²) < 4.78 is 5.49. The first-order chi connectivity index (χ1) is 9.21. The largest absolute Gasteiger partial charge is 0.494 e. The molecule has 0 fully saturated rings. The lowest BCUT2D eigenvalue weighted by atomic mass is 10.2. The summed E-state index contributed by atoms with van der Waals surface area (Å²) in [5.41, 5.74) is 8.54. The lowest BCUT2D eigenvalue weighted by Gasteiger charge is -2.11. The van der Waals surface area contributed by atoms with E-state index < -0.39 is 0 Å². The molecule has 0 aliphatic carbocycles. The minimum absolute atomic E-state index is 0.630. The summed E-state index contributed by atoms with van der Waals surface area (Å²) in [6.45, 7) is 2.59. The van der Waals surface area contributed by atoms with E-state index in [0.29, 0.717) is 12.3 Å². The van der Waals surface area contributed by atoms with Crippen molar-refractivity contribution < 1.29 is 4.74 Å². The normalized spacial score (nSPS) is 10.2. The molecule has 0 heterocycles. The van der Waals surface area contributed by atoms with Crippen molar-refractivity contribution in [3.05, 3.63) is 42.5 Å². The summed E-state index contributed by atoms with van der Waals surface area (Å²) in [5, 5.41) is 3.34. The molecule has 0 aromatic heterocycles. The van der Waals surface area contributed by atoms with Crippen LogP contribution >= 0.6 is 11.8 Å². The number of nitrogens with two attached hydrogens (primary N) is 1. The van der Waals surface area contributed by atoms with Gasteiger partial charge in [-0.3, -0.25) is 0 Å². The highest BCUT2D eigenvalue weighted by Crippen LogP contribution is 2.27. The molecule has 0 radical (unpaired) electrons. The third kappa shape index (κ3) is 3.83. The molecule has 0 aliphatic heterocycles. The van der Waals surface area contributed by atoms with Crippen molar-refractivity contribution >= 4 is 28.8 Å². The van der Waals surface area contributed by atoms with Crippen LogP contribution in [0.4, 0.5) is 17.1 Å². The van der Waals surface area contributed by atoms with Gasteiger partial charge in [-0.2, -0.15) is 0 Å². The van der Waals surface area contributed by atoms with Crippen molar-refractivity contribution in [1.82, 2.24) is 0 Å². The molecule has 0 saturated carbocycles. The molecule has 0 aliphatic rings. The van der Waals surface area contributed by atoms with Crippen LogP contribution in [0.25, 0.3) is 0 Å². The zero-order valence-corrected chi connectivity index (χ0v) is 12.0. The smallest absolute Gasteiger partial charge is 0.123 e. The molecule has 2 rings (SSSR count). The zero-order chi connectivity index (χ0) is 13.7. The van der Waals surface area contributed by atoms with Crippen LogP contribution < -0.4 is 15.8 Å². The minimum Gasteiger partial charge on any atom is -0.494 e. The predicted octanol–water partition coefficient (Wildman–Crippen LogP) is 4.13. The first-order valence-electron chi connectivity index (χ1n) is 6.15. The fourth-order valence-electron chi connectivity index (χ4n) is 1.81. The average Bonchev–Trinajstić information content (AvgIpc) is 2.38. The average molecular weight is 274 g/mol. The molecule has 4 heteroatoms. The third-order valence-electron chi connectivity index (χ3n) is 2.60. The van der Waals surface area contributed by atoms with Gasteiger partial charge in [0.2, 0.25) is 0 Å². The van der Waals surface area contributed by atoms with E-state index in [1.165, 1.54) is 4.90 Å². The van der Waals surface area contributed by atoms with E-state index in [-0.39, 0.29) is 0 Å². The highest BCUT2D eigenvalue weighted by atomic mass is 32.2. The molecule has 0 atom stereocenters. The molecule has 3 N–H and O–H groups in total. The summed E-state index contributed by atoms with van der Waals surface area (Å²) in [7, 11) is 0. The summed E-state index contributed by atoms with van der Waals surface area (Å²) in [6.07, 6.45) is 2.06. The predicted molar refractivity (Wildman–Crippen MR) is 83.5 cm³/mol. The summed E-state index contributed by atoms with van der Waals surface area (Å²) in [6, 6.07) is 13.9. The Morgan fingerprint density at radius 3 is 2.74 bits per heavy atom. The van der Waals surface area contributed by atoms with Crippen molar-refractivity contribution in [2.24, 2.45) is 0 Å². The fraction of sp³-hybridized carbons (Fsp3) is 0.200. The number of hydrogen-bond acceptors (Lipinski definition) is 4. The molecule has 3 nitrogen and oxygen atoms in total. The number of ether oxygens (including phenoxy) is 1. The number of anilines is 3. The topological polar surface area (TPSA) is 47.3 Å². The first kappa shape index (κ1) is 13.6. The van der Waals surface area contributed by atoms with Gasteiger partial charge in [-0.25, -0.2) is 0 Å². The van der Waals surface area contributed by atoms with Crippen molar-refractivity contribution in [2.75, 3.05) is 23.9 Å². The number of rotatable bonds is 5. The Hall–Kier alpha value is -1.81. The highest BCUT2D eigenvalue weighted by Gasteiger charge is 2.01. The van der Waals surface area contributed by atoms with Gasteiger partial charge in [0, 0.05) is 34.1 Å². The summed E-state index contributed by atoms with van der Waals surface area (Å²) in [4.78, 5) is 1.22. The van der Waals surface area contributed by atoms with E-state index >= 15 is 0 Å². The van der Waals surface area contributed by atoms with E-state index in [2.05, 4.69) is 23.7 Å². The Bertz CT molecular complexity index is 558. The molecule has 100 valence electrons. The molecular weight excluding hydrogens is 256 g/mol. The van der Waals surface area contributed by atoms with Crippen LogP contribution in [-0.2, 0) is 0 Å². The number of nitrogen functional groups attached to an aromatic ring is 1. The minimum atomic E-state index is 0.630. The van der Waals surface area contributed by atoms with Gasteiger partial charge in [0.15, 0.2) is 0 Å². The van der Waals surface area contributed by atoms with Crippen LogP contribution in [0.3, 0.4) is 0 Å². The van der Waals surface area contributed by atoms with Gasteiger partial charge in [-0.15, -0.1) is 11.8 Å². The second kappa shape index (κ2) is 6.38. The molecule has 0 unspecified atom stereocenters. The van der Waals surface area contributed by atoms with Gasteiger partial charge in [0.05, 0.1) is 6.61 Å². The zero-order valence-electron chi connectivity index (χ0n) is 11.1. The maximum Gasteiger partial charge on any atom is 0.123 e. The number of nitrogens with one attached hydrogen (secondary N) is 1. The molecular formula is C15H18N2OS. The molecule has 2 aromatic carbocycles. The van der Waals surface area contributed by atoms with E-state index in [1.807, 2.05) is 37.3 Å². The Kier molecular flexibility index (Phi) is 4.58. The first-order valence-corrected chi connectivity index (χ1v) is 7.38. The molecule has 19 heavy (non-hydrogen) atoms. The van der Waals surface area contributed by atoms with Crippen molar-refractivity contribution in [1.29, 1.82) is 0 Å². The van der Waals surface area contributed by atoms with E-state index in [1.54, 1.807) is 11.8 Å². The highest BCUT2D eigenvalue weighted by molar-refractivity contribution is 7.98. The Morgan fingerprint density at radius 1 is 1.16 bits per heavy atom. The molecule has 0 spiro atoms. The fourth-order valence-corrected chi connectivity index (χ4v) is 2.27. The van der Waals surface area contributed by atoms with Crippen molar-refractivity contribution in [2.45, 2.75) is 11.8 Å². The Balaban J connectivity index is 2.22. The number of hydrogen-bond donors (Lipinski definition) is 2. The number of benzene rings is 2. The molecule has 2 aromatic rings. The number of thioether (sulfide) groups is 1. The van der Waals surface area contributed by atoms with Crippen LogP contribution in [0, 0.1) is 0 Å². The SMILES string of the molecule is CCOc1cc(N)cc(Nc2cccc(SC)c2)c1. The summed E-state index contributed by atoms with van der Waals surface area (Å²) in [5.74, 6) is 0.783. The quantitative estimate of drug-likeness (QED) is 0.635. The Labute approximate surface area is 118 Å². The molecule has 0 bridgehead atoms. The molecule has 0 amide bonds. The van der Waals surface area contributed by atoms with Gasteiger partial charge in [0.25, 0.3) is 0 Å². The van der Waals surface area contributed by atoms with Gasteiger partial charge >= 0.3 is 0 Å². The van der Waals surface area contributed by atoms with Crippen LogP contribution in [0.15, 0.2) is 47.4 Å². The van der Waals surface area contributed by atoms with Gasteiger partial charge in [0.1, 0.15) is 5.75 Å². The van der Waals surface area contributed by atoms with Crippen molar-refractivity contribution in [3.63, 3.8) is 0 Å². The van der Waals surface area contributed by atoms with Gasteiger partial charge in [-0.1, -0.05) is 6.07 Å². The maximum absolute atomic E-state index is 5.88. The van der Waals surface area contributed by atoms with Gasteiger partial charge < -0.3 is 15.8 Å². The maximum atomic E-state index is 5.88. The van der Waals surface area contributed by atoms with Crippen LogP contribution in [0.5, 0.6) is 5.75 Å². The van der Waals surface area contributed by atoms with Crippen LogP contribution in [0.1, 0.15) is 6.92 Å². The lowest BCUT2D eigenvalue weighted by Crippen LogP contribution is -1.96. The summed E-state index contributed by atoms with van der Waals surface area (Å²) >= 11 is 1.72. The van der Waals surface area contributed by atoms with E-state index in [0.717, 1.165) is 17.1 Å². The van der Waals surface area contributed by atoms with E-state index in [4.69, 9.17) is 10.5 Å². The van der Waals surface area contributed by atoms with Crippen LogP contribution in [-0.4, -0.2) is 12.9 Å². The second-order valence-corrected chi connectivity index (χ2v) is 4.96. The Morgan fingerprint density at radius 2 is 2.00 bits per heavy atom. The molecule has 0 saturated heterocycles. The third-order valence-corrected chi connectivity index (χ3v) is 3.32.